The molecule has 3 heteroatoms. The first kappa shape index (κ1) is 16.2. The molecule has 3 nitrogen and oxygen atoms in total. The highest BCUT2D eigenvalue weighted by Gasteiger charge is 2.19. The molecule has 0 saturated heterocycles. The Hall–Kier alpha value is -3.33. The molecule has 0 aromatic heterocycles. The largest absolute Gasteiger partial charge is 0.475 e. The molecule has 0 spiro atoms. The van der Waals surface area contributed by atoms with E-state index in [2.05, 4.69) is 29.6 Å². The van der Waals surface area contributed by atoms with Crippen molar-refractivity contribution in [1.29, 1.82) is 0 Å². The third-order valence-corrected chi connectivity index (χ3v) is 4.26. The Bertz CT molecular complexity index is 903. The molecular formula is C23H20N2O. The van der Waals surface area contributed by atoms with Gasteiger partial charge in [-0.15, -0.1) is 0 Å². The van der Waals surface area contributed by atoms with Gasteiger partial charge in [0.15, 0.2) is 0 Å². The lowest BCUT2D eigenvalue weighted by Crippen LogP contribution is -2.03. The second-order valence-corrected chi connectivity index (χ2v) is 6.12. The molecule has 0 amide bonds. The minimum absolute atomic E-state index is 0.0520. The van der Waals surface area contributed by atoms with Crippen molar-refractivity contribution < 1.29 is 4.74 Å². The summed E-state index contributed by atoms with van der Waals surface area (Å²) in [7, 11) is 0. The van der Waals surface area contributed by atoms with Crippen molar-refractivity contribution in [2.24, 2.45) is 4.99 Å². The minimum Gasteiger partial charge on any atom is -0.475 e. The molecular weight excluding hydrogens is 320 g/mol. The monoisotopic (exact) mass is 340 g/mol. The Kier molecular flexibility index (Phi) is 4.79. The van der Waals surface area contributed by atoms with E-state index in [1.807, 2.05) is 72.8 Å². The fourth-order valence-corrected chi connectivity index (χ4v) is 2.93. The summed E-state index contributed by atoms with van der Waals surface area (Å²) in [6.45, 7) is 0.573. The third-order valence-electron chi connectivity index (χ3n) is 4.26. The van der Waals surface area contributed by atoms with Crippen LogP contribution >= 0.6 is 0 Å². The van der Waals surface area contributed by atoms with Gasteiger partial charge in [-0.1, -0.05) is 78.9 Å². The maximum absolute atomic E-state index is 5.84. The smallest absolute Gasteiger partial charge is 0.211 e. The van der Waals surface area contributed by atoms with E-state index in [4.69, 9.17) is 9.73 Å². The molecule has 3 aromatic rings. The van der Waals surface area contributed by atoms with Crippen molar-refractivity contribution in [3.05, 3.63) is 108 Å². The first-order chi connectivity index (χ1) is 12.9. The molecule has 1 atom stereocenters. The fourth-order valence-electron chi connectivity index (χ4n) is 2.93. The predicted octanol–water partition coefficient (Wildman–Crippen LogP) is 5.31. The Morgan fingerprint density at radius 3 is 2.15 bits per heavy atom. The van der Waals surface area contributed by atoms with Gasteiger partial charge in [-0.25, -0.2) is 4.99 Å². The molecule has 1 aliphatic heterocycles. The lowest BCUT2D eigenvalue weighted by Gasteiger charge is -2.11. The van der Waals surface area contributed by atoms with E-state index in [1.54, 1.807) is 0 Å². The molecule has 1 N–H and O–H groups in total. The number of hydrogen-bond acceptors (Lipinski definition) is 3. The van der Waals surface area contributed by atoms with Crippen molar-refractivity contribution in [3.63, 3.8) is 0 Å². The van der Waals surface area contributed by atoms with Gasteiger partial charge >= 0.3 is 0 Å². The van der Waals surface area contributed by atoms with Gasteiger partial charge < -0.3 is 10.1 Å². The van der Waals surface area contributed by atoms with Crippen LogP contribution in [0.5, 0.6) is 0 Å². The van der Waals surface area contributed by atoms with Crippen LogP contribution in [0.25, 0.3) is 5.70 Å². The summed E-state index contributed by atoms with van der Waals surface area (Å²) in [5.74, 6) is 0.654. The number of nitrogens with zero attached hydrogens (tertiary/aromatic N) is 1. The van der Waals surface area contributed by atoms with Gasteiger partial charge in [0.05, 0.1) is 5.70 Å². The molecule has 128 valence electrons. The topological polar surface area (TPSA) is 33.6 Å². The highest BCUT2D eigenvalue weighted by atomic mass is 16.5. The van der Waals surface area contributed by atoms with Crippen molar-refractivity contribution in [2.75, 3.05) is 11.9 Å². The minimum atomic E-state index is 0.0520. The van der Waals surface area contributed by atoms with Crippen LogP contribution in [0.2, 0.25) is 0 Å². The number of nitrogens with one attached hydrogen (secondary N) is 1. The summed E-state index contributed by atoms with van der Waals surface area (Å²) in [5.41, 5.74) is 4.25. The number of benzene rings is 3. The van der Waals surface area contributed by atoms with Gasteiger partial charge in [-0.05, 0) is 23.3 Å². The number of anilines is 1. The normalized spacial score (nSPS) is 16.7. The molecule has 4 rings (SSSR count). The number of rotatable bonds is 5. The zero-order valence-corrected chi connectivity index (χ0v) is 14.4. The Morgan fingerprint density at radius 2 is 1.46 bits per heavy atom. The zero-order chi connectivity index (χ0) is 17.6. The summed E-state index contributed by atoms with van der Waals surface area (Å²) in [6, 6.07) is 30.6. The van der Waals surface area contributed by atoms with Crippen LogP contribution in [-0.2, 0) is 4.74 Å². The van der Waals surface area contributed by atoms with Crippen molar-refractivity contribution in [2.45, 2.75) is 6.04 Å². The molecule has 0 bridgehead atoms. The van der Waals surface area contributed by atoms with Crippen LogP contribution in [-0.4, -0.2) is 12.5 Å². The first-order valence-electron chi connectivity index (χ1n) is 8.73. The maximum atomic E-state index is 5.84. The summed E-state index contributed by atoms with van der Waals surface area (Å²) < 4.78 is 5.84. The first-order valence-corrected chi connectivity index (χ1v) is 8.73. The molecule has 1 aliphatic rings. The standard InChI is InChI=1S/C23H20N2O/c1-4-10-18(11-5-1)21(24-20-14-8-3-9-15-20)16-23-25-22(17-26-23)19-12-6-2-7-13-19/h1-16,22,24H,17H2. The van der Waals surface area contributed by atoms with Crippen LogP contribution in [0.3, 0.4) is 0 Å². The molecule has 1 heterocycles. The van der Waals surface area contributed by atoms with Gasteiger partial charge in [-0.3, -0.25) is 0 Å². The van der Waals surface area contributed by atoms with Gasteiger partial charge in [0.25, 0.3) is 0 Å². The average Bonchev–Trinajstić information content (AvgIpc) is 3.18. The lowest BCUT2D eigenvalue weighted by atomic mass is 10.1. The van der Waals surface area contributed by atoms with E-state index in [0.29, 0.717) is 12.5 Å². The van der Waals surface area contributed by atoms with Crippen LogP contribution in [0, 0.1) is 0 Å². The van der Waals surface area contributed by atoms with E-state index < -0.39 is 0 Å². The van der Waals surface area contributed by atoms with Gasteiger partial charge in [0, 0.05) is 11.8 Å². The third kappa shape index (κ3) is 3.83. The Balaban J connectivity index is 1.63. The summed E-state index contributed by atoms with van der Waals surface area (Å²) in [5, 5.41) is 3.48. The molecule has 0 aliphatic carbocycles. The average molecular weight is 340 g/mol. The van der Waals surface area contributed by atoms with E-state index in [1.165, 1.54) is 5.56 Å². The molecule has 0 saturated carbocycles. The van der Waals surface area contributed by atoms with Crippen LogP contribution in [0.15, 0.2) is 102 Å². The van der Waals surface area contributed by atoms with Gasteiger partial charge in [0.1, 0.15) is 12.6 Å². The predicted molar refractivity (Wildman–Crippen MR) is 107 cm³/mol. The van der Waals surface area contributed by atoms with E-state index in [-0.39, 0.29) is 6.04 Å². The lowest BCUT2D eigenvalue weighted by molar-refractivity contribution is 0.321. The number of aliphatic imine (C=N–C) groups is 1. The summed E-state index contributed by atoms with van der Waals surface area (Å²) in [6.07, 6.45) is 1.98. The molecule has 3 aromatic carbocycles. The fraction of sp³-hybridized carbons (Fsp3) is 0.0870. The molecule has 0 radical (unpaired) electrons. The van der Waals surface area contributed by atoms with E-state index in [0.717, 1.165) is 16.9 Å². The second kappa shape index (κ2) is 7.70. The van der Waals surface area contributed by atoms with E-state index in [9.17, 15) is 0 Å². The summed E-state index contributed by atoms with van der Waals surface area (Å²) >= 11 is 0. The quantitative estimate of drug-likeness (QED) is 0.683. The molecule has 1 unspecified atom stereocenters. The van der Waals surface area contributed by atoms with Crippen LogP contribution < -0.4 is 5.32 Å². The molecule has 26 heavy (non-hydrogen) atoms. The zero-order valence-electron chi connectivity index (χ0n) is 14.4. The Labute approximate surface area is 153 Å². The summed E-state index contributed by atoms with van der Waals surface area (Å²) in [4.78, 5) is 4.74. The van der Waals surface area contributed by atoms with Crippen molar-refractivity contribution in [1.82, 2.24) is 0 Å². The highest BCUT2D eigenvalue weighted by molar-refractivity contribution is 5.98. The van der Waals surface area contributed by atoms with Gasteiger partial charge in [-0.2, -0.15) is 0 Å². The molecule has 0 fully saturated rings. The number of ether oxygens (including phenoxy) is 1. The van der Waals surface area contributed by atoms with Gasteiger partial charge in [0.2, 0.25) is 5.90 Å². The maximum Gasteiger partial charge on any atom is 0.211 e. The Morgan fingerprint density at radius 1 is 0.846 bits per heavy atom. The van der Waals surface area contributed by atoms with Crippen LogP contribution in [0.1, 0.15) is 17.2 Å². The van der Waals surface area contributed by atoms with Crippen LogP contribution in [0.4, 0.5) is 5.69 Å². The van der Waals surface area contributed by atoms with Crippen molar-refractivity contribution in [3.8, 4) is 0 Å². The number of para-hydroxylation sites is 1. The van der Waals surface area contributed by atoms with Crippen molar-refractivity contribution >= 4 is 17.3 Å². The SMILES string of the molecule is C(=C(Nc1ccccc1)c1ccccc1)C1=NC(c2ccccc2)CO1. The number of hydrogen-bond donors (Lipinski definition) is 1. The van der Waals surface area contributed by atoms with E-state index >= 15 is 0 Å². The second-order valence-electron chi connectivity index (χ2n) is 6.12. The highest BCUT2D eigenvalue weighted by Crippen LogP contribution is 2.25.